The van der Waals surface area contributed by atoms with Crippen molar-refractivity contribution in [1.82, 2.24) is 4.98 Å². The van der Waals surface area contributed by atoms with E-state index in [2.05, 4.69) is 11.6 Å². The maximum Gasteiger partial charge on any atom is 0.338 e. The summed E-state index contributed by atoms with van der Waals surface area (Å²) in [5, 5.41) is 8.64. The second-order valence-corrected chi connectivity index (χ2v) is 2.98. The lowest BCUT2D eigenvalue weighted by molar-refractivity contribution is 0.0696. The van der Waals surface area contributed by atoms with Crippen molar-refractivity contribution in [3.8, 4) is 0 Å². The highest BCUT2D eigenvalue weighted by Gasteiger charge is 2.10. The van der Waals surface area contributed by atoms with Gasteiger partial charge in [0.1, 0.15) is 5.15 Å². The van der Waals surface area contributed by atoms with Gasteiger partial charge in [-0.25, -0.2) is 9.78 Å². The fourth-order valence-electron chi connectivity index (χ4n) is 0.831. The van der Waals surface area contributed by atoms with Crippen molar-refractivity contribution in [3.63, 3.8) is 0 Å². The zero-order valence-electron chi connectivity index (χ0n) is 7.04. The average Bonchev–Trinajstić information content (AvgIpc) is 2.03. The van der Waals surface area contributed by atoms with Crippen molar-refractivity contribution < 1.29 is 9.90 Å². The van der Waals surface area contributed by atoms with Gasteiger partial charge < -0.3 is 5.11 Å². The lowest BCUT2D eigenvalue weighted by Gasteiger charge is -2.01. The Morgan fingerprint density at radius 1 is 1.62 bits per heavy atom. The number of aromatic carboxylic acids is 1. The fraction of sp³-hybridized carbons (Fsp3) is 0.111. The highest BCUT2D eigenvalue weighted by Crippen LogP contribution is 2.17. The Morgan fingerprint density at radius 2 is 2.23 bits per heavy atom. The van der Waals surface area contributed by atoms with Crippen LogP contribution in [0.15, 0.2) is 18.7 Å². The third kappa shape index (κ3) is 2.06. The summed E-state index contributed by atoms with van der Waals surface area (Å²) in [5.41, 5.74) is 1.36. The van der Waals surface area contributed by atoms with Gasteiger partial charge in [0.25, 0.3) is 0 Å². The summed E-state index contributed by atoms with van der Waals surface area (Å²) < 4.78 is 0. The highest BCUT2D eigenvalue weighted by atomic mass is 35.5. The van der Waals surface area contributed by atoms with Crippen LogP contribution in [-0.2, 0) is 0 Å². The summed E-state index contributed by atoms with van der Waals surface area (Å²) >= 11 is 5.64. The molecule has 1 aromatic heterocycles. The maximum atomic E-state index is 10.6. The van der Waals surface area contributed by atoms with E-state index in [-0.39, 0.29) is 10.7 Å². The van der Waals surface area contributed by atoms with Crippen LogP contribution in [0.3, 0.4) is 0 Å². The lowest BCUT2D eigenvalue weighted by atomic mass is 10.2. The Hall–Kier alpha value is -1.35. The van der Waals surface area contributed by atoms with E-state index in [4.69, 9.17) is 16.7 Å². The van der Waals surface area contributed by atoms with E-state index >= 15 is 0 Å². The molecule has 3 nitrogen and oxygen atoms in total. The van der Waals surface area contributed by atoms with Crippen LogP contribution in [0.4, 0.5) is 0 Å². The van der Waals surface area contributed by atoms with Crippen LogP contribution in [0.1, 0.15) is 23.0 Å². The van der Waals surface area contributed by atoms with Gasteiger partial charge in [0.2, 0.25) is 0 Å². The Morgan fingerprint density at radius 3 is 2.62 bits per heavy atom. The van der Waals surface area contributed by atoms with Gasteiger partial charge in [-0.2, -0.15) is 0 Å². The van der Waals surface area contributed by atoms with Crippen LogP contribution in [0.25, 0.3) is 5.57 Å². The minimum atomic E-state index is -1.08. The third-order valence-corrected chi connectivity index (χ3v) is 1.80. The van der Waals surface area contributed by atoms with Crippen LogP contribution in [0, 0.1) is 0 Å². The number of carboxylic acid groups (broad SMARTS) is 1. The number of nitrogens with zero attached hydrogens (tertiary/aromatic N) is 1. The van der Waals surface area contributed by atoms with Crippen molar-refractivity contribution in [2.75, 3.05) is 0 Å². The van der Waals surface area contributed by atoms with E-state index in [9.17, 15) is 4.79 Å². The molecule has 0 aliphatic heterocycles. The average molecular weight is 198 g/mol. The van der Waals surface area contributed by atoms with Crippen molar-refractivity contribution in [2.45, 2.75) is 6.92 Å². The van der Waals surface area contributed by atoms with E-state index in [1.54, 1.807) is 13.0 Å². The van der Waals surface area contributed by atoms with Crippen LogP contribution < -0.4 is 0 Å². The van der Waals surface area contributed by atoms with Crippen LogP contribution in [0.2, 0.25) is 5.15 Å². The summed E-state index contributed by atoms with van der Waals surface area (Å²) in [6.45, 7) is 5.45. The fourth-order valence-corrected chi connectivity index (χ4v) is 1.07. The number of carbonyl (C=O) groups is 1. The second kappa shape index (κ2) is 3.58. The van der Waals surface area contributed by atoms with Crippen molar-refractivity contribution >= 4 is 23.1 Å². The topological polar surface area (TPSA) is 50.2 Å². The molecular weight excluding hydrogens is 190 g/mol. The molecule has 0 bridgehead atoms. The van der Waals surface area contributed by atoms with Crippen molar-refractivity contribution in [2.24, 2.45) is 0 Å². The first-order chi connectivity index (χ1) is 6.02. The van der Waals surface area contributed by atoms with Crippen molar-refractivity contribution in [1.29, 1.82) is 0 Å². The molecule has 0 radical (unpaired) electrons. The molecule has 1 N–H and O–H groups in total. The predicted molar refractivity (Wildman–Crippen MR) is 50.9 cm³/mol. The first-order valence-electron chi connectivity index (χ1n) is 3.58. The summed E-state index contributed by atoms with van der Waals surface area (Å²) in [6, 6.07) is 3.00. The normalized spacial score (nSPS) is 9.69. The number of halogens is 1. The molecule has 13 heavy (non-hydrogen) atoms. The van der Waals surface area contributed by atoms with Gasteiger partial charge in [-0.1, -0.05) is 18.2 Å². The van der Waals surface area contributed by atoms with Crippen LogP contribution in [0.5, 0.6) is 0 Å². The quantitative estimate of drug-likeness (QED) is 0.741. The Balaban J connectivity index is 3.20. The molecule has 1 aromatic rings. The number of hydrogen-bond acceptors (Lipinski definition) is 2. The number of aromatic nitrogens is 1. The molecule has 0 unspecified atom stereocenters. The Bertz CT molecular complexity index is 374. The Kier molecular flexibility index (Phi) is 2.68. The Labute approximate surface area is 80.7 Å². The van der Waals surface area contributed by atoms with Crippen molar-refractivity contribution in [3.05, 3.63) is 35.1 Å². The summed E-state index contributed by atoms with van der Waals surface area (Å²) in [5.74, 6) is -1.08. The highest BCUT2D eigenvalue weighted by molar-refractivity contribution is 6.32. The first kappa shape index (κ1) is 9.74. The van der Waals surface area contributed by atoms with E-state index in [1.165, 1.54) is 6.07 Å². The summed E-state index contributed by atoms with van der Waals surface area (Å²) in [4.78, 5) is 14.4. The van der Waals surface area contributed by atoms with E-state index < -0.39 is 5.97 Å². The van der Waals surface area contributed by atoms with Gasteiger partial charge in [0.15, 0.2) is 0 Å². The molecule has 0 atom stereocenters. The SMILES string of the molecule is C=C(C)c1ccc(C(=O)O)c(Cl)n1. The minimum absolute atomic E-state index is 0.00617. The van der Waals surface area contributed by atoms with Gasteiger partial charge in [0, 0.05) is 0 Å². The second-order valence-electron chi connectivity index (χ2n) is 2.62. The van der Waals surface area contributed by atoms with E-state index in [0.717, 1.165) is 5.57 Å². The standard InChI is InChI=1S/C9H8ClNO2/c1-5(2)7-4-3-6(9(12)13)8(10)11-7/h3-4H,1H2,2H3,(H,12,13). The zero-order chi connectivity index (χ0) is 10.0. The number of pyridine rings is 1. The van der Waals surface area contributed by atoms with Gasteiger partial charge in [-0.05, 0) is 24.6 Å². The van der Waals surface area contributed by atoms with Gasteiger partial charge in [0.05, 0.1) is 11.3 Å². The maximum absolute atomic E-state index is 10.6. The molecule has 0 saturated heterocycles. The smallest absolute Gasteiger partial charge is 0.338 e. The molecule has 0 aromatic carbocycles. The molecule has 4 heteroatoms. The molecule has 0 spiro atoms. The van der Waals surface area contributed by atoms with Gasteiger partial charge in [-0.3, -0.25) is 0 Å². The number of carboxylic acids is 1. The molecule has 0 saturated carbocycles. The molecule has 0 amide bonds. The number of rotatable bonds is 2. The monoisotopic (exact) mass is 197 g/mol. The predicted octanol–water partition coefficient (Wildman–Crippen LogP) is 2.47. The molecule has 1 heterocycles. The minimum Gasteiger partial charge on any atom is -0.478 e. The molecule has 68 valence electrons. The van der Waals surface area contributed by atoms with E-state index in [1.807, 2.05) is 0 Å². The summed E-state index contributed by atoms with van der Waals surface area (Å²) in [6.07, 6.45) is 0. The van der Waals surface area contributed by atoms with Crippen LogP contribution in [-0.4, -0.2) is 16.1 Å². The third-order valence-electron chi connectivity index (χ3n) is 1.52. The molecule has 0 aliphatic carbocycles. The zero-order valence-corrected chi connectivity index (χ0v) is 7.80. The molecule has 0 fully saturated rings. The molecular formula is C9H8ClNO2. The van der Waals surface area contributed by atoms with Crippen LogP contribution >= 0.6 is 11.6 Å². The largest absolute Gasteiger partial charge is 0.478 e. The molecule has 0 aliphatic rings. The number of allylic oxidation sites excluding steroid dienone is 1. The lowest BCUT2D eigenvalue weighted by Crippen LogP contribution is -2.00. The van der Waals surface area contributed by atoms with Gasteiger partial charge >= 0.3 is 5.97 Å². The first-order valence-corrected chi connectivity index (χ1v) is 3.96. The van der Waals surface area contributed by atoms with E-state index in [0.29, 0.717) is 5.69 Å². The molecule has 1 rings (SSSR count). The van der Waals surface area contributed by atoms with Gasteiger partial charge in [-0.15, -0.1) is 0 Å². The summed E-state index contributed by atoms with van der Waals surface area (Å²) in [7, 11) is 0. The number of hydrogen-bond donors (Lipinski definition) is 1.